The van der Waals surface area contributed by atoms with Crippen LogP contribution in [0.15, 0.2) is 52.1 Å². The van der Waals surface area contributed by atoms with Gasteiger partial charge in [0.25, 0.3) is 0 Å². The molecule has 0 saturated heterocycles. The number of benzene rings is 1. The molecule has 0 bridgehead atoms. The Kier molecular flexibility index (Phi) is 9.06. The van der Waals surface area contributed by atoms with Crippen molar-refractivity contribution < 1.29 is 22.3 Å². The van der Waals surface area contributed by atoms with Crippen LogP contribution in [0.3, 0.4) is 0 Å². The molecule has 5 nitrogen and oxygen atoms in total. The highest BCUT2D eigenvalue weighted by atomic mass is 32.2. The largest absolute Gasteiger partial charge is 0.484 e. The van der Waals surface area contributed by atoms with Gasteiger partial charge in [-0.1, -0.05) is 12.1 Å². The van der Waals surface area contributed by atoms with Crippen molar-refractivity contribution in [2.24, 2.45) is 4.99 Å². The lowest BCUT2D eigenvalue weighted by atomic mass is 10.2. The minimum absolute atomic E-state index is 0.181. The molecule has 9 heteroatoms. The molecule has 0 aliphatic carbocycles. The van der Waals surface area contributed by atoms with Gasteiger partial charge in [0.2, 0.25) is 0 Å². The first-order valence-corrected chi connectivity index (χ1v) is 10.2. The molecule has 2 aromatic rings. The molecule has 0 spiro atoms. The second kappa shape index (κ2) is 11.5. The third-order valence-electron chi connectivity index (χ3n) is 3.59. The molecule has 154 valence electrons. The second-order valence-electron chi connectivity index (χ2n) is 5.89. The van der Waals surface area contributed by atoms with Crippen LogP contribution in [0.1, 0.15) is 11.3 Å². The van der Waals surface area contributed by atoms with Gasteiger partial charge in [-0.2, -0.15) is 24.9 Å². The SMILES string of the molecule is CSCCNC(=NCc1ccc(OCC(F)(F)F)cc1)NCCc1ccco1. The second-order valence-corrected chi connectivity index (χ2v) is 6.87. The fraction of sp³-hybridized carbons (Fsp3) is 0.421. The summed E-state index contributed by atoms with van der Waals surface area (Å²) in [6.07, 6.45) is 0.0669. The van der Waals surface area contributed by atoms with Crippen molar-refractivity contribution in [3.63, 3.8) is 0 Å². The first-order valence-electron chi connectivity index (χ1n) is 8.78. The highest BCUT2D eigenvalue weighted by Crippen LogP contribution is 2.19. The van der Waals surface area contributed by atoms with Crippen LogP contribution in [0.5, 0.6) is 5.75 Å². The zero-order valence-electron chi connectivity index (χ0n) is 15.6. The van der Waals surface area contributed by atoms with Crippen LogP contribution in [0.4, 0.5) is 13.2 Å². The summed E-state index contributed by atoms with van der Waals surface area (Å²) in [5.74, 6) is 2.70. The lowest BCUT2D eigenvalue weighted by Crippen LogP contribution is -2.39. The number of furan rings is 1. The number of ether oxygens (including phenoxy) is 1. The van der Waals surface area contributed by atoms with Crippen LogP contribution < -0.4 is 15.4 Å². The highest BCUT2D eigenvalue weighted by Gasteiger charge is 2.28. The number of thioether (sulfide) groups is 1. The lowest BCUT2D eigenvalue weighted by Gasteiger charge is -2.12. The predicted molar refractivity (Wildman–Crippen MR) is 106 cm³/mol. The van der Waals surface area contributed by atoms with E-state index in [1.165, 1.54) is 12.1 Å². The van der Waals surface area contributed by atoms with Gasteiger partial charge in [0, 0.05) is 25.3 Å². The average Bonchev–Trinajstić information content (AvgIpc) is 3.18. The van der Waals surface area contributed by atoms with Gasteiger partial charge in [-0.15, -0.1) is 0 Å². The topological polar surface area (TPSA) is 58.8 Å². The van der Waals surface area contributed by atoms with Crippen molar-refractivity contribution in [3.8, 4) is 5.75 Å². The van der Waals surface area contributed by atoms with Gasteiger partial charge in [0.1, 0.15) is 11.5 Å². The number of rotatable bonds is 10. The molecule has 1 heterocycles. The summed E-state index contributed by atoms with van der Waals surface area (Å²) in [6, 6.07) is 10.2. The Morgan fingerprint density at radius 2 is 1.89 bits per heavy atom. The fourth-order valence-corrected chi connectivity index (χ4v) is 2.54. The summed E-state index contributed by atoms with van der Waals surface area (Å²) in [5.41, 5.74) is 0.872. The van der Waals surface area contributed by atoms with Crippen molar-refractivity contribution in [2.45, 2.75) is 19.1 Å². The van der Waals surface area contributed by atoms with Crippen molar-refractivity contribution in [3.05, 3.63) is 54.0 Å². The predicted octanol–water partition coefficient (Wildman–Crippen LogP) is 3.86. The number of hydrogen-bond donors (Lipinski definition) is 2. The zero-order chi connectivity index (χ0) is 20.2. The van der Waals surface area contributed by atoms with Crippen molar-refractivity contribution in [1.29, 1.82) is 0 Å². The van der Waals surface area contributed by atoms with E-state index in [0.29, 0.717) is 19.0 Å². The van der Waals surface area contributed by atoms with Crippen LogP contribution in [-0.2, 0) is 13.0 Å². The molecule has 0 fully saturated rings. The number of aliphatic imine (C=N–C) groups is 1. The third-order valence-corrected chi connectivity index (χ3v) is 4.20. The number of guanidine groups is 1. The van der Waals surface area contributed by atoms with Crippen LogP contribution in [0.25, 0.3) is 0 Å². The average molecular weight is 415 g/mol. The molecule has 1 aromatic carbocycles. The summed E-state index contributed by atoms with van der Waals surface area (Å²) in [5, 5.41) is 6.51. The summed E-state index contributed by atoms with van der Waals surface area (Å²) in [7, 11) is 0. The van der Waals surface area contributed by atoms with E-state index in [4.69, 9.17) is 9.15 Å². The minimum atomic E-state index is -4.35. The first kappa shape index (κ1) is 22.0. The number of hydrogen-bond acceptors (Lipinski definition) is 4. The van der Waals surface area contributed by atoms with Gasteiger partial charge in [0.15, 0.2) is 12.6 Å². The van der Waals surface area contributed by atoms with Gasteiger partial charge >= 0.3 is 6.18 Å². The Labute approximate surface area is 166 Å². The highest BCUT2D eigenvalue weighted by molar-refractivity contribution is 7.98. The molecular weight excluding hydrogens is 391 g/mol. The van der Waals surface area contributed by atoms with Crippen LogP contribution in [0, 0.1) is 0 Å². The molecule has 0 aliphatic heterocycles. The maximum Gasteiger partial charge on any atom is 0.422 e. The van der Waals surface area contributed by atoms with E-state index < -0.39 is 12.8 Å². The molecule has 0 unspecified atom stereocenters. The summed E-state index contributed by atoms with van der Waals surface area (Å²) in [4.78, 5) is 4.53. The Morgan fingerprint density at radius 3 is 2.54 bits per heavy atom. The Morgan fingerprint density at radius 1 is 1.14 bits per heavy atom. The Bertz CT molecular complexity index is 704. The maximum absolute atomic E-state index is 12.2. The number of nitrogens with zero attached hydrogens (tertiary/aromatic N) is 1. The van der Waals surface area contributed by atoms with Crippen LogP contribution in [-0.4, -0.2) is 43.8 Å². The van der Waals surface area contributed by atoms with E-state index in [1.54, 1.807) is 30.2 Å². The molecule has 2 rings (SSSR count). The van der Waals surface area contributed by atoms with E-state index >= 15 is 0 Å². The molecule has 2 N–H and O–H groups in total. The van der Waals surface area contributed by atoms with E-state index in [2.05, 4.69) is 15.6 Å². The van der Waals surface area contributed by atoms with Crippen LogP contribution in [0.2, 0.25) is 0 Å². The van der Waals surface area contributed by atoms with Crippen molar-refractivity contribution in [1.82, 2.24) is 10.6 Å². The van der Waals surface area contributed by atoms with Gasteiger partial charge in [-0.3, -0.25) is 0 Å². The third kappa shape index (κ3) is 9.07. The zero-order valence-corrected chi connectivity index (χ0v) is 16.4. The van der Waals surface area contributed by atoms with Gasteiger partial charge in [-0.25, -0.2) is 4.99 Å². The quantitative estimate of drug-likeness (QED) is 0.351. The smallest absolute Gasteiger partial charge is 0.422 e. The standard InChI is InChI=1S/C19H24F3N3O2S/c1-28-12-10-24-18(23-9-8-16-3-2-11-26-16)25-13-15-4-6-17(7-5-15)27-14-19(20,21)22/h2-7,11H,8-10,12-14H2,1H3,(H2,23,24,25). The first-order chi connectivity index (χ1) is 13.5. The van der Waals surface area contributed by atoms with E-state index in [1.807, 2.05) is 18.4 Å². The Hall–Kier alpha value is -2.29. The van der Waals surface area contributed by atoms with E-state index in [9.17, 15) is 13.2 Å². The maximum atomic E-state index is 12.2. The van der Waals surface area contributed by atoms with Crippen LogP contribution >= 0.6 is 11.8 Å². The Balaban J connectivity index is 1.86. The van der Waals surface area contributed by atoms with E-state index in [0.717, 1.165) is 30.0 Å². The summed E-state index contributed by atoms with van der Waals surface area (Å²) < 4.78 is 46.6. The monoisotopic (exact) mass is 415 g/mol. The van der Waals surface area contributed by atoms with Crippen molar-refractivity contribution >= 4 is 17.7 Å². The molecule has 0 aliphatic rings. The number of halogens is 3. The van der Waals surface area contributed by atoms with Gasteiger partial charge in [-0.05, 0) is 36.1 Å². The molecular formula is C19H24F3N3O2S. The molecule has 0 amide bonds. The molecule has 0 radical (unpaired) electrons. The minimum Gasteiger partial charge on any atom is -0.484 e. The fourth-order valence-electron chi connectivity index (χ4n) is 2.23. The summed E-state index contributed by atoms with van der Waals surface area (Å²) >= 11 is 1.73. The number of nitrogens with one attached hydrogen (secondary N) is 2. The van der Waals surface area contributed by atoms with Gasteiger partial charge < -0.3 is 19.8 Å². The van der Waals surface area contributed by atoms with E-state index in [-0.39, 0.29) is 5.75 Å². The molecule has 28 heavy (non-hydrogen) atoms. The molecule has 0 saturated carbocycles. The molecule has 0 atom stereocenters. The normalized spacial score (nSPS) is 12.1. The van der Waals surface area contributed by atoms with Crippen molar-refractivity contribution in [2.75, 3.05) is 31.7 Å². The summed E-state index contributed by atoms with van der Waals surface area (Å²) in [6.45, 7) is 0.545. The lowest BCUT2D eigenvalue weighted by molar-refractivity contribution is -0.153. The molecule has 1 aromatic heterocycles. The van der Waals surface area contributed by atoms with Gasteiger partial charge in [0.05, 0.1) is 12.8 Å². The number of alkyl halides is 3.